The van der Waals surface area contributed by atoms with E-state index in [1.54, 1.807) is 13.8 Å². The highest BCUT2D eigenvalue weighted by Gasteiger charge is 2.25. The Kier molecular flexibility index (Phi) is 4.97. The predicted molar refractivity (Wildman–Crippen MR) is 63.1 cm³/mol. The molecule has 0 aliphatic carbocycles. The zero-order valence-corrected chi connectivity index (χ0v) is 10.8. The van der Waals surface area contributed by atoms with Crippen LogP contribution in [0.25, 0.3) is 0 Å². The van der Waals surface area contributed by atoms with Crippen LogP contribution in [0.4, 0.5) is 8.78 Å². The fourth-order valence-electron chi connectivity index (χ4n) is 1.36. The van der Waals surface area contributed by atoms with Crippen molar-refractivity contribution >= 4 is 11.8 Å². The maximum Gasteiger partial charge on any atom is 0.379 e. The zero-order chi connectivity index (χ0) is 14.6. The van der Waals surface area contributed by atoms with Crippen LogP contribution in [0.3, 0.4) is 0 Å². The number of hydrogen-bond acceptors (Lipinski definition) is 4. The number of ketones is 1. The van der Waals surface area contributed by atoms with Crippen molar-refractivity contribution in [2.24, 2.45) is 0 Å². The molecule has 0 aliphatic rings. The molecule has 4 nitrogen and oxygen atoms in total. The van der Waals surface area contributed by atoms with Crippen molar-refractivity contribution in [1.29, 1.82) is 0 Å². The number of hydrogen-bond donors (Lipinski definition) is 0. The summed E-state index contributed by atoms with van der Waals surface area (Å²) in [4.78, 5) is 22.7. The van der Waals surface area contributed by atoms with Gasteiger partial charge < -0.3 is 9.47 Å². The SMILES string of the molecule is CCOC(=O)C(=O)c1ccc(OC(C)C)c(F)c1F. The van der Waals surface area contributed by atoms with Crippen LogP contribution in [0.1, 0.15) is 31.1 Å². The molecule has 104 valence electrons. The number of rotatable bonds is 5. The molecule has 0 bridgehead atoms. The molecule has 0 aliphatic heterocycles. The molecule has 1 rings (SSSR count). The van der Waals surface area contributed by atoms with Gasteiger partial charge in [0.1, 0.15) is 0 Å². The van der Waals surface area contributed by atoms with Crippen LogP contribution in [-0.2, 0) is 9.53 Å². The smallest absolute Gasteiger partial charge is 0.379 e. The average molecular weight is 272 g/mol. The van der Waals surface area contributed by atoms with Crippen LogP contribution >= 0.6 is 0 Å². The Balaban J connectivity index is 3.09. The number of halogens is 2. The lowest BCUT2D eigenvalue weighted by Gasteiger charge is -2.12. The number of esters is 1. The molecule has 19 heavy (non-hydrogen) atoms. The van der Waals surface area contributed by atoms with E-state index in [2.05, 4.69) is 4.74 Å². The molecule has 0 unspecified atom stereocenters. The van der Waals surface area contributed by atoms with E-state index in [9.17, 15) is 18.4 Å². The molecular weight excluding hydrogens is 258 g/mol. The Hall–Kier alpha value is -1.98. The number of carbonyl (C=O) groups is 2. The Morgan fingerprint density at radius 3 is 2.37 bits per heavy atom. The monoisotopic (exact) mass is 272 g/mol. The summed E-state index contributed by atoms with van der Waals surface area (Å²) in [6.45, 7) is 4.77. The van der Waals surface area contributed by atoms with Gasteiger partial charge in [0.2, 0.25) is 5.82 Å². The summed E-state index contributed by atoms with van der Waals surface area (Å²) in [5, 5.41) is 0. The topological polar surface area (TPSA) is 52.6 Å². The fourth-order valence-corrected chi connectivity index (χ4v) is 1.36. The summed E-state index contributed by atoms with van der Waals surface area (Å²) in [5.74, 6) is -5.49. The molecule has 6 heteroatoms. The normalized spacial score (nSPS) is 10.4. The number of ether oxygens (including phenoxy) is 2. The Bertz CT molecular complexity index is 498. The molecule has 1 aromatic carbocycles. The summed E-state index contributed by atoms with van der Waals surface area (Å²) in [7, 11) is 0. The average Bonchev–Trinajstić information content (AvgIpc) is 2.34. The third-order valence-electron chi connectivity index (χ3n) is 2.12. The molecule has 0 saturated heterocycles. The highest BCUT2D eigenvalue weighted by molar-refractivity contribution is 6.40. The molecule has 0 atom stereocenters. The highest BCUT2D eigenvalue weighted by Crippen LogP contribution is 2.24. The molecular formula is C13H14F2O4. The lowest BCUT2D eigenvalue weighted by molar-refractivity contribution is -0.137. The lowest BCUT2D eigenvalue weighted by Crippen LogP contribution is -2.19. The minimum Gasteiger partial charge on any atom is -0.488 e. The molecule has 1 aromatic rings. The van der Waals surface area contributed by atoms with Gasteiger partial charge in [-0.1, -0.05) is 0 Å². The van der Waals surface area contributed by atoms with E-state index in [1.807, 2.05) is 0 Å². The third kappa shape index (κ3) is 3.49. The van der Waals surface area contributed by atoms with Crippen LogP contribution in [0.2, 0.25) is 0 Å². The second-order valence-corrected chi connectivity index (χ2v) is 3.96. The van der Waals surface area contributed by atoms with Crippen molar-refractivity contribution in [3.63, 3.8) is 0 Å². The van der Waals surface area contributed by atoms with Gasteiger partial charge in [-0.3, -0.25) is 4.79 Å². The van der Waals surface area contributed by atoms with Gasteiger partial charge in [-0.2, -0.15) is 4.39 Å². The summed E-state index contributed by atoms with van der Waals surface area (Å²) >= 11 is 0. The van der Waals surface area contributed by atoms with Crippen LogP contribution in [0.15, 0.2) is 12.1 Å². The zero-order valence-electron chi connectivity index (χ0n) is 10.8. The maximum atomic E-state index is 13.7. The first kappa shape index (κ1) is 15.1. The van der Waals surface area contributed by atoms with Crippen LogP contribution in [-0.4, -0.2) is 24.5 Å². The molecule has 0 fully saturated rings. The van der Waals surface area contributed by atoms with E-state index in [4.69, 9.17) is 4.74 Å². The summed E-state index contributed by atoms with van der Waals surface area (Å²) < 4.78 is 36.8. The molecule has 0 amide bonds. The molecule has 0 spiro atoms. The van der Waals surface area contributed by atoms with Crippen LogP contribution in [0.5, 0.6) is 5.75 Å². The minimum absolute atomic E-state index is 0.0246. The molecule has 0 saturated carbocycles. The number of Topliss-reactive ketones (excluding diaryl/α,β-unsaturated/α-hetero) is 1. The third-order valence-corrected chi connectivity index (χ3v) is 2.12. The van der Waals surface area contributed by atoms with Gasteiger partial charge in [-0.15, -0.1) is 0 Å². The van der Waals surface area contributed by atoms with Gasteiger partial charge in [0, 0.05) is 0 Å². The minimum atomic E-state index is -1.42. The lowest BCUT2D eigenvalue weighted by atomic mass is 10.1. The second-order valence-electron chi connectivity index (χ2n) is 3.96. The fraction of sp³-hybridized carbons (Fsp3) is 0.385. The highest BCUT2D eigenvalue weighted by atomic mass is 19.2. The van der Waals surface area contributed by atoms with E-state index < -0.39 is 29.0 Å². The molecule has 0 radical (unpaired) electrons. The van der Waals surface area contributed by atoms with E-state index in [1.165, 1.54) is 6.92 Å². The van der Waals surface area contributed by atoms with Crippen molar-refractivity contribution in [3.8, 4) is 5.75 Å². The van der Waals surface area contributed by atoms with Gasteiger partial charge in [-0.05, 0) is 32.9 Å². The van der Waals surface area contributed by atoms with Crippen molar-refractivity contribution in [2.75, 3.05) is 6.61 Å². The van der Waals surface area contributed by atoms with Gasteiger partial charge in [-0.25, -0.2) is 9.18 Å². The molecule has 0 aromatic heterocycles. The predicted octanol–water partition coefficient (Wildman–Crippen LogP) is 2.50. The summed E-state index contributed by atoms with van der Waals surface area (Å²) in [5.41, 5.74) is -0.674. The molecule has 0 N–H and O–H groups in total. The van der Waals surface area contributed by atoms with Crippen LogP contribution < -0.4 is 4.74 Å². The van der Waals surface area contributed by atoms with Gasteiger partial charge in [0.15, 0.2) is 11.6 Å². The first-order valence-electron chi connectivity index (χ1n) is 5.74. The Morgan fingerprint density at radius 2 is 1.84 bits per heavy atom. The van der Waals surface area contributed by atoms with E-state index in [0.29, 0.717) is 0 Å². The maximum absolute atomic E-state index is 13.7. The summed E-state index contributed by atoms with van der Waals surface area (Å²) in [6, 6.07) is 2.10. The summed E-state index contributed by atoms with van der Waals surface area (Å²) in [6.07, 6.45) is -0.347. The van der Waals surface area contributed by atoms with Gasteiger partial charge in [0.05, 0.1) is 18.3 Å². The first-order valence-corrected chi connectivity index (χ1v) is 5.74. The molecule has 0 heterocycles. The largest absolute Gasteiger partial charge is 0.488 e. The second kappa shape index (κ2) is 6.26. The van der Waals surface area contributed by atoms with Gasteiger partial charge >= 0.3 is 5.97 Å². The Morgan fingerprint density at radius 1 is 1.21 bits per heavy atom. The Labute approximate surface area is 109 Å². The van der Waals surface area contributed by atoms with Gasteiger partial charge in [0.25, 0.3) is 5.78 Å². The van der Waals surface area contributed by atoms with Crippen LogP contribution in [0, 0.1) is 11.6 Å². The standard InChI is InChI=1S/C13H14F2O4/c1-4-18-13(17)12(16)8-5-6-9(19-7(2)3)11(15)10(8)14/h5-7H,4H2,1-3H3. The number of benzene rings is 1. The van der Waals surface area contributed by atoms with Crippen molar-refractivity contribution in [3.05, 3.63) is 29.3 Å². The number of carbonyl (C=O) groups excluding carboxylic acids is 2. The van der Waals surface area contributed by atoms with E-state index >= 15 is 0 Å². The van der Waals surface area contributed by atoms with Crippen molar-refractivity contribution in [1.82, 2.24) is 0 Å². The first-order chi connectivity index (χ1) is 8.88. The van der Waals surface area contributed by atoms with E-state index in [-0.39, 0.29) is 18.5 Å². The van der Waals surface area contributed by atoms with E-state index in [0.717, 1.165) is 12.1 Å². The van der Waals surface area contributed by atoms with Crippen molar-refractivity contribution in [2.45, 2.75) is 26.9 Å². The quantitative estimate of drug-likeness (QED) is 0.469. The van der Waals surface area contributed by atoms with Crippen molar-refractivity contribution < 1.29 is 27.8 Å².